The molecule has 1 aromatic heterocycles. The molecule has 1 saturated heterocycles. The van der Waals surface area contributed by atoms with Crippen molar-refractivity contribution in [2.45, 2.75) is 24.0 Å². The van der Waals surface area contributed by atoms with Gasteiger partial charge in [-0.2, -0.15) is 0 Å². The van der Waals surface area contributed by atoms with E-state index in [-0.39, 0.29) is 6.61 Å². The zero-order chi connectivity index (χ0) is 26.1. The largest absolute Gasteiger partial charge is 0.452 e. The van der Waals surface area contributed by atoms with Crippen LogP contribution in [-0.4, -0.2) is 34.3 Å². The fourth-order valence-corrected chi connectivity index (χ4v) is 5.20. The lowest BCUT2D eigenvalue weighted by atomic mass is 9.80. The molecule has 8 nitrogen and oxygen atoms in total. The fourth-order valence-electron chi connectivity index (χ4n) is 5.20. The molecule has 0 amide bonds. The van der Waals surface area contributed by atoms with E-state index in [0.29, 0.717) is 5.57 Å². The van der Waals surface area contributed by atoms with Crippen molar-refractivity contribution in [3.63, 3.8) is 0 Å². The summed E-state index contributed by atoms with van der Waals surface area (Å²) in [7, 11) is 0. The molecule has 6 rings (SSSR count). The highest BCUT2D eigenvalue weighted by molar-refractivity contribution is 5.86. The second-order valence-electron chi connectivity index (χ2n) is 9.14. The molecule has 0 unspecified atom stereocenters. The van der Waals surface area contributed by atoms with Crippen LogP contribution >= 0.6 is 0 Å². The summed E-state index contributed by atoms with van der Waals surface area (Å²) >= 11 is 0. The molecule has 4 aromatic rings. The minimum Gasteiger partial charge on any atom is -0.452 e. The van der Waals surface area contributed by atoms with Crippen LogP contribution in [0, 0.1) is 0 Å². The third-order valence-corrected chi connectivity index (χ3v) is 6.89. The van der Waals surface area contributed by atoms with E-state index >= 15 is 0 Å². The minimum atomic E-state index is -0.994. The second kappa shape index (κ2) is 9.74. The summed E-state index contributed by atoms with van der Waals surface area (Å²) in [5.74, 6) is -0.513. The SMILES string of the molecule is O=C1C=C2[C@H](n3ccc(=O)[nH]c3=O)O[C@H](COC(c3ccccc3)(c3ccccc3)c3ccccc3)[C@H]2O1. The maximum atomic E-state index is 12.5. The van der Waals surface area contributed by atoms with Gasteiger partial charge in [0.15, 0.2) is 12.3 Å². The predicted molar refractivity (Wildman–Crippen MR) is 138 cm³/mol. The summed E-state index contributed by atoms with van der Waals surface area (Å²) in [6.07, 6.45) is 0.339. The Balaban J connectivity index is 1.41. The molecule has 0 aliphatic carbocycles. The van der Waals surface area contributed by atoms with Gasteiger partial charge in [-0.25, -0.2) is 9.59 Å². The lowest BCUT2D eigenvalue weighted by Crippen LogP contribution is -2.38. The highest BCUT2D eigenvalue weighted by Gasteiger charge is 2.49. The highest BCUT2D eigenvalue weighted by atomic mass is 16.6. The number of nitrogens with zero attached hydrogens (tertiary/aromatic N) is 1. The fraction of sp³-hybridized carbons (Fsp3) is 0.167. The zero-order valence-corrected chi connectivity index (χ0v) is 20.2. The summed E-state index contributed by atoms with van der Waals surface area (Å²) < 4.78 is 19.9. The number of carbonyl (C=O) groups excluding carboxylic acids is 1. The van der Waals surface area contributed by atoms with Gasteiger partial charge in [0.05, 0.1) is 6.61 Å². The van der Waals surface area contributed by atoms with Crippen LogP contribution in [0.25, 0.3) is 0 Å². The van der Waals surface area contributed by atoms with Crippen LogP contribution in [0.15, 0.2) is 124 Å². The number of nitrogens with one attached hydrogen (secondary N) is 1. The van der Waals surface area contributed by atoms with Gasteiger partial charge in [-0.05, 0) is 16.7 Å². The third kappa shape index (κ3) is 4.09. The molecule has 0 radical (unpaired) electrons. The summed E-state index contributed by atoms with van der Waals surface area (Å²) in [5.41, 5.74) is 1.10. The summed E-state index contributed by atoms with van der Waals surface area (Å²) in [6, 6.07) is 30.9. The molecule has 3 aromatic carbocycles. The van der Waals surface area contributed by atoms with Gasteiger partial charge in [0.2, 0.25) is 0 Å². The van der Waals surface area contributed by atoms with Crippen LogP contribution < -0.4 is 11.2 Å². The molecule has 0 bridgehead atoms. The molecule has 2 aliphatic rings. The molecule has 190 valence electrons. The molecule has 8 heteroatoms. The topological polar surface area (TPSA) is 99.6 Å². The Bertz CT molecular complexity index is 1500. The first kappa shape index (κ1) is 23.8. The van der Waals surface area contributed by atoms with Crippen LogP contribution in [0.1, 0.15) is 22.9 Å². The van der Waals surface area contributed by atoms with Crippen molar-refractivity contribution in [3.8, 4) is 0 Å². The Kier molecular flexibility index (Phi) is 6.11. The van der Waals surface area contributed by atoms with E-state index in [1.165, 1.54) is 22.9 Å². The van der Waals surface area contributed by atoms with Crippen LogP contribution in [0.5, 0.6) is 0 Å². The monoisotopic (exact) mass is 508 g/mol. The molecule has 38 heavy (non-hydrogen) atoms. The molecule has 1 fully saturated rings. The molecule has 3 heterocycles. The number of rotatable bonds is 7. The van der Waals surface area contributed by atoms with E-state index in [2.05, 4.69) is 4.98 Å². The van der Waals surface area contributed by atoms with Crippen molar-refractivity contribution in [1.29, 1.82) is 0 Å². The van der Waals surface area contributed by atoms with E-state index in [0.717, 1.165) is 16.7 Å². The first-order valence-corrected chi connectivity index (χ1v) is 12.3. The maximum Gasteiger partial charge on any atom is 0.331 e. The quantitative estimate of drug-likeness (QED) is 0.304. The summed E-state index contributed by atoms with van der Waals surface area (Å²) in [5, 5.41) is 0. The van der Waals surface area contributed by atoms with Crippen LogP contribution in [0.3, 0.4) is 0 Å². The Morgan fingerprint density at radius 1 is 0.789 bits per heavy atom. The van der Waals surface area contributed by atoms with Gasteiger partial charge in [0.1, 0.15) is 11.7 Å². The number of aromatic amines is 1. The average molecular weight is 509 g/mol. The third-order valence-electron chi connectivity index (χ3n) is 6.89. The van der Waals surface area contributed by atoms with Crippen molar-refractivity contribution >= 4 is 5.97 Å². The number of benzene rings is 3. The van der Waals surface area contributed by atoms with E-state index in [9.17, 15) is 14.4 Å². The Hall–Kier alpha value is -4.53. The van der Waals surface area contributed by atoms with Gasteiger partial charge in [-0.1, -0.05) is 91.0 Å². The molecule has 1 N–H and O–H groups in total. The minimum absolute atomic E-state index is 0.0442. The number of esters is 1. The number of H-pyrrole nitrogens is 1. The van der Waals surface area contributed by atoms with E-state index in [1.807, 2.05) is 91.0 Å². The number of ether oxygens (including phenoxy) is 3. The molecule has 0 spiro atoms. The summed E-state index contributed by atoms with van der Waals surface area (Å²) in [4.78, 5) is 38.6. The Morgan fingerprint density at radius 3 is 1.87 bits per heavy atom. The lowest BCUT2D eigenvalue weighted by molar-refractivity contribution is -0.148. The maximum absolute atomic E-state index is 12.5. The standard InChI is InChI=1S/C30H24N2O6/c33-25-16-17-32(29(35)31-25)28-23-18-26(34)38-27(23)24(37-28)19-36-30(20-10-4-1-5-11-20,21-12-6-2-7-13-21)22-14-8-3-9-15-22/h1-18,24,27-28H,19H2,(H,31,33,35)/t24-,27+,28-/m1/s1. The molecule has 0 saturated carbocycles. The Morgan fingerprint density at radius 2 is 1.34 bits per heavy atom. The van der Waals surface area contributed by atoms with E-state index in [4.69, 9.17) is 14.2 Å². The Labute approximate surface area is 217 Å². The first-order chi connectivity index (χ1) is 18.6. The molecule has 2 aliphatic heterocycles. The molecular weight excluding hydrogens is 484 g/mol. The smallest absolute Gasteiger partial charge is 0.331 e. The van der Waals surface area contributed by atoms with Gasteiger partial charge < -0.3 is 14.2 Å². The second-order valence-corrected chi connectivity index (χ2v) is 9.14. The number of hydrogen-bond acceptors (Lipinski definition) is 6. The number of fused-ring (bicyclic) bond motifs is 1. The van der Waals surface area contributed by atoms with Crippen LogP contribution in [-0.2, 0) is 24.6 Å². The molecular formula is C30H24N2O6. The van der Waals surface area contributed by atoms with E-state index < -0.39 is 41.3 Å². The van der Waals surface area contributed by atoms with Crippen molar-refractivity contribution in [3.05, 3.63) is 152 Å². The molecule has 3 atom stereocenters. The summed E-state index contributed by atoms with van der Waals surface area (Å²) in [6.45, 7) is 0.0442. The van der Waals surface area contributed by atoms with Gasteiger partial charge >= 0.3 is 11.7 Å². The number of aromatic nitrogens is 2. The first-order valence-electron chi connectivity index (χ1n) is 12.3. The van der Waals surface area contributed by atoms with E-state index in [1.54, 1.807) is 0 Å². The van der Waals surface area contributed by atoms with Crippen LogP contribution in [0.2, 0.25) is 0 Å². The number of hydrogen-bond donors (Lipinski definition) is 1. The van der Waals surface area contributed by atoms with Gasteiger partial charge in [-0.15, -0.1) is 0 Å². The van der Waals surface area contributed by atoms with Gasteiger partial charge in [-0.3, -0.25) is 14.3 Å². The van der Waals surface area contributed by atoms with Crippen molar-refractivity contribution < 1.29 is 19.0 Å². The van der Waals surface area contributed by atoms with Gasteiger partial charge in [0.25, 0.3) is 5.56 Å². The van der Waals surface area contributed by atoms with Gasteiger partial charge in [0, 0.05) is 23.9 Å². The van der Waals surface area contributed by atoms with Crippen LogP contribution in [0.4, 0.5) is 0 Å². The normalized spacial score (nSPS) is 20.6. The highest BCUT2D eigenvalue weighted by Crippen LogP contribution is 2.43. The zero-order valence-electron chi connectivity index (χ0n) is 20.2. The predicted octanol–water partition coefficient (Wildman–Crippen LogP) is 3.29. The lowest BCUT2D eigenvalue weighted by Gasteiger charge is -2.37. The average Bonchev–Trinajstić information content (AvgIpc) is 3.48. The van der Waals surface area contributed by atoms with Crippen molar-refractivity contribution in [2.24, 2.45) is 0 Å². The van der Waals surface area contributed by atoms with Crippen molar-refractivity contribution in [1.82, 2.24) is 9.55 Å². The number of carbonyl (C=O) groups is 1. The van der Waals surface area contributed by atoms with Crippen molar-refractivity contribution in [2.75, 3.05) is 6.61 Å².